The monoisotopic (exact) mass is 462 g/mol. The van der Waals surface area contributed by atoms with Crippen molar-refractivity contribution in [3.05, 3.63) is 94.7 Å². The number of aliphatic imine (C=N–C) groups is 1. The first-order valence-corrected chi connectivity index (χ1v) is 11.6. The molecule has 0 aliphatic carbocycles. The molecule has 1 spiro atoms. The molecule has 1 aromatic heterocycles. The fourth-order valence-electron chi connectivity index (χ4n) is 5.51. The van der Waals surface area contributed by atoms with Gasteiger partial charge in [0.1, 0.15) is 23.6 Å². The average molecular weight is 463 g/mol. The first-order valence-electron chi connectivity index (χ1n) is 11.6. The van der Waals surface area contributed by atoms with E-state index < -0.39 is 5.41 Å². The average Bonchev–Trinajstić information content (AvgIpc) is 3.63. The number of hydrogen-bond acceptors (Lipinski definition) is 6. The van der Waals surface area contributed by atoms with E-state index >= 15 is 0 Å². The molecule has 0 bridgehead atoms. The van der Waals surface area contributed by atoms with Gasteiger partial charge in [0.15, 0.2) is 5.58 Å². The van der Waals surface area contributed by atoms with Gasteiger partial charge >= 0.3 is 0 Å². The molecule has 0 fully saturated rings. The minimum absolute atomic E-state index is 0.0228. The number of nitrogens with two attached hydrogens (primary N) is 1. The number of para-hydroxylation sites is 1. The van der Waals surface area contributed by atoms with Crippen molar-refractivity contribution in [2.75, 3.05) is 18.1 Å². The maximum Gasteiger partial charge on any atom is 0.246 e. The Bertz CT molecular complexity index is 1600. The van der Waals surface area contributed by atoms with Gasteiger partial charge in [-0.15, -0.1) is 0 Å². The quantitative estimate of drug-likeness (QED) is 0.494. The van der Waals surface area contributed by atoms with Gasteiger partial charge in [0.2, 0.25) is 5.91 Å². The first kappa shape index (κ1) is 20.0. The van der Waals surface area contributed by atoms with Gasteiger partial charge in [-0.05, 0) is 47.4 Å². The first-order chi connectivity index (χ1) is 17.0. The van der Waals surface area contributed by atoms with Crippen LogP contribution in [0.4, 0.5) is 5.69 Å². The molecule has 172 valence electrons. The van der Waals surface area contributed by atoms with Crippen LogP contribution >= 0.6 is 0 Å². The van der Waals surface area contributed by atoms with Crippen LogP contribution in [-0.2, 0) is 16.8 Å². The molecule has 2 N–H and O–H groups in total. The van der Waals surface area contributed by atoms with Gasteiger partial charge in [-0.25, -0.2) is 0 Å². The maximum atomic E-state index is 14.2. The lowest BCUT2D eigenvalue weighted by atomic mass is 9.77. The summed E-state index contributed by atoms with van der Waals surface area (Å²) in [6.07, 6.45) is 1.91. The molecule has 4 aromatic rings. The molecule has 7 heteroatoms. The van der Waals surface area contributed by atoms with E-state index in [1.807, 2.05) is 54.3 Å². The summed E-state index contributed by atoms with van der Waals surface area (Å²) in [5.74, 6) is 1.26. The molecule has 0 saturated heterocycles. The zero-order valence-corrected chi connectivity index (χ0v) is 19.1. The lowest BCUT2D eigenvalue weighted by Gasteiger charge is -2.23. The van der Waals surface area contributed by atoms with Gasteiger partial charge in [-0.3, -0.25) is 9.79 Å². The highest BCUT2D eigenvalue weighted by atomic mass is 16.5. The lowest BCUT2D eigenvalue weighted by molar-refractivity contribution is -0.122. The summed E-state index contributed by atoms with van der Waals surface area (Å²) in [7, 11) is 0. The summed E-state index contributed by atoms with van der Waals surface area (Å²) in [4.78, 5) is 20.3. The van der Waals surface area contributed by atoms with Crippen molar-refractivity contribution in [3.63, 3.8) is 0 Å². The number of nitrogens with zero attached hydrogens (tertiary/aromatic N) is 3. The fraction of sp³-hybridized carbons (Fsp3) is 0.179. The highest BCUT2D eigenvalue weighted by Crippen LogP contribution is 2.53. The zero-order valence-electron chi connectivity index (χ0n) is 19.1. The van der Waals surface area contributed by atoms with E-state index in [2.05, 4.69) is 34.4 Å². The van der Waals surface area contributed by atoms with Crippen molar-refractivity contribution in [2.24, 2.45) is 10.7 Å². The Labute approximate surface area is 201 Å². The minimum atomic E-state index is -0.882. The van der Waals surface area contributed by atoms with Crippen LogP contribution in [0, 0.1) is 6.92 Å². The third-order valence-corrected chi connectivity index (χ3v) is 7.34. The van der Waals surface area contributed by atoms with Crippen molar-refractivity contribution in [1.82, 2.24) is 5.16 Å². The number of fused-ring (bicyclic) bond motifs is 5. The number of anilines is 1. The van der Waals surface area contributed by atoms with Crippen molar-refractivity contribution in [3.8, 4) is 5.75 Å². The number of aryl methyl sites for hydroxylation is 1. The van der Waals surface area contributed by atoms with Crippen LogP contribution in [0.2, 0.25) is 0 Å². The summed E-state index contributed by atoms with van der Waals surface area (Å²) in [6.45, 7) is 3.24. The zero-order chi connectivity index (χ0) is 23.7. The SMILES string of the molecule is Cc1noc2cc3c(cc12)C1(CO3)C(=O)N(Cc2ccc(C3=CC(N)=NC3)cc2)c2ccccc21. The Kier molecular flexibility index (Phi) is 4.04. The minimum Gasteiger partial charge on any atom is -0.491 e. The molecule has 3 aromatic carbocycles. The molecule has 1 amide bonds. The van der Waals surface area contributed by atoms with Crippen LogP contribution in [0.3, 0.4) is 0 Å². The summed E-state index contributed by atoms with van der Waals surface area (Å²) in [5.41, 5.74) is 12.4. The van der Waals surface area contributed by atoms with Gasteiger partial charge in [-0.2, -0.15) is 0 Å². The Hall–Kier alpha value is -4.39. The molecule has 3 aliphatic rings. The molecule has 0 radical (unpaired) electrons. The normalized spacial score (nSPS) is 20.3. The van der Waals surface area contributed by atoms with Crippen LogP contribution in [0.25, 0.3) is 16.5 Å². The Balaban J connectivity index is 1.28. The molecule has 1 unspecified atom stereocenters. The fourth-order valence-corrected chi connectivity index (χ4v) is 5.51. The number of amidine groups is 1. The summed E-state index contributed by atoms with van der Waals surface area (Å²) >= 11 is 0. The molecule has 7 nitrogen and oxygen atoms in total. The van der Waals surface area contributed by atoms with Crippen molar-refractivity contribution < 1.29 is 14.1 Å². The van der Waals surface area contributed by atoms with Crippen LogP contribution < -0.4 is 15.4 Å². The maximum absolute atomic E-state index is 14.2. The van der Waals surface area contributed by atoms with E-state index in [4.69, 9.17) is 15.0 Å². The number of aromatic nitrogens is 1. The predicted molar refractivity (Wildman–Crippen MR) is 134 cm³/mol. The number of amides is 1. The van der Waals surface area contributed by atoms with Crippen LogP contribution in [0.15, 0.2) is 76.3 Å². The number of carbonyl (C=O) groups is 1. The number of benzene rings is 3. The largest absolute Gasteiger partial charge is 0.491 e. The van der Waals surface area contributed by atoms with E-state index in [0.29, 0.717) is 30.3 Å². The Morgan fingerprint density at radius 3 is 2.71 bits per heavy atom. The van der Waals surface area contributed by atoms with Crippen LogP contribution in [0.1, 0.15) is 27.9 Å². The number of rotatable bonds is 3. The predicted octanol–water partition coefficient (Wildman–Crippen LogP) is 4.12. The number of ether oxygens (including phenoxy) is 1. The molecular formula is C28H22N4O3. The molecule has 35 heavy (non-hydrogen) atoms. The smallest absolute Gasteiger partial charge is 0.246 e. The second-order valence-electron chi connectivity index (χ2n) is 9.32. The third kappa shape index (κ3) is 2.75. The van der Waals surface area contributed by atoms with Gasteiger partial charge < -0.3 is 19.9 Å². The van der Waals surface area contributed by atoms with Crippen molar-refractivity contribution in [2.45, 2.75) is 18.9 Å². The van der Waals surface area contributed by atoms with Gasteiger partial charge in [-0.1, -0.05) is 47.6 Å². The summed E-state index contributed by atoms with van der Waals surface area (Å²) < 4.78 is 11.5. The Morgan fingerprint density at radius 1 is 1.09 bits per heavy atom. The number of carbonyl (C=O) groups excluding carboxylic acids is 1. The molecule has 7 rings (SSSR count). The van der Waals surface area contributed by atoms with E-state index in [0.717, 1.165) is 44.6 Å². The van der Waals surface area contributed by atoms with E-state index in [9.17, 15) is 4.79 Å². The molecular weight excluding hydrogens is 440 g/mol. The van der Waals surface area contributed by atoms with Crippen LogP contribution in [-0.4, -0.2) is 30.1 Å². The number of hydrogen-bond donors (Lipinski definition) is 1. The molecule has 3 aliphatic heterocycles. The van der Waals surface area contributed by atoms with Crippen molar-refractivity contribution in [1.29, 1.82) is 0 Å². The van der Waals surface area contributed by atoms with E-state index in [1.165, 1.54) is 0 Å². The lowest BCUT2D eigenvalue weighted by Crippen LogP contribution is -2.42. The molecule has 0 saturated carbocycles. The second-order valence-corrected chi connectivity index (χ2v) is 9.32. The van der Waals surface area contributed by atoms with Gasteiger partial charge in [0, 0.05) is 22.7 Å². The van der Waals surface area contributed by atoms with Crippen molar-refractivity contribution >= 4 is 34.0 Å². The highest BCUT2D eigenvalue weighted by molar-refractivity contribution is 6.12. The van der Waals surface area contributed by atoms with Gasteiger partial charge in [0.05, 0.1) is 18.8 Å². The molecule has 4 heterocycles. The highest BCUT2D eigenvalue weighted by Gasteiger charge is 2.57. The van der Waals surface area contributed by atoms with Gasteiger partial charge in [0.25, 0.3) is 0 Å². The van der Waals surface area contributed by atoms with E-state index in [1.54, 1.807) is 0 Å². The van der Waals surface area contributed by atoms with E-state index in [-0.39, 0.29) is 12.5 Å². The van der Waals surface area contributed by atoms with Crippen LogP contribution in [0.5, 0.6) is 5.75 Å². The third-order valence-electron chi connectivity index (χ3n) is 7.34. The topological polar surface area (TPSA) is 94.0 Å². The summed E-state index contributed by atoms with van der Waals surface area (Å²) in [6, 6.07) is 20.1. The Morgan fingerprint density at radius 2 is 1.91 bits per heavy atom. The molecule has 1 atom stereocenters. The standard InChI is InChI=1S/C28H22N4O3/c1-16-20-11-22-25(12-24(20)35-31-16)34-15-28(22)21-4-2-3-5-23(21)32(27(28)33)14-17-6-8-18(9-7-17)19-10-26(29)30-13-19/h2-12H,13-15H2,1H3,(H2,29,30). The second kappa shape index (κ2) is 7.06. The summed E-state index contributed by atoms with van der Waals surface area (Å²) in [5, 5.41) is 4.98.